The highest BCUT2D eigenvalue weighted by atomic mass is 16.7. The number of cyclic esters (lactones) is 1. The molecule has 10 nitrogen and oxygen atoms in total. The van der Waals surface area contributed by atoms with E-state index >= 15 is 0 Å². The molecule has 0 aromatic carbocycles. The molecule has 0 saturated carbocycles. The number of pyridine rings is 1. The lowest BCUT2D eigenvalue weighted by Crippen LogP contribution is -2.41. The van der Waals surface area contributed by atoms with Gasteiger partial charge in [-0.1, -0.05) is 27.2 Å². The van der Waals surface area contributed by atoms with Crippen LogP contribution in [0.15, 0.2) is 12.3 Å². The minimum Gasteiger partial charge on any atom is -0.493 e. The van der Waals surface area contributed by atoms with E-state index in [0.29, 0.717) is 19.1 Å². The first kappa shape index (κ1) is 30.5. The summed E-state index contributed by atoms with van der Waals surface area (Å²) in [4.78, 5) is 41.7. The van der Waals surface area contributed by atoms with Gasteiger partial charge in [0.25, 0.3) is 0 Å². The minimum absolute atomic E-state index is 0.0309. The van der Waals surface area contributed by atoms with E-state index in [1.54, 1.807) is 0 Å². The predicted octanol–water partition coefficient (Wildman–Crippen LogP) is 3.99. The molecule has 0 amide bonds. The zero-order valence-electron chi connectivity index (χ0n) is 22.8. The van der Waals surface area contributed by atoms with E-state index in [4.69, 9.17) is 28.4 Å². The van der Waals surface area contributed by atoms with Gasteiger partial charge in [0.05, 0.1) is 25.7 Å². The maximum atomic E-state index is 13.3. The van der Waals surface area contributed by atoms with Gasteiger partial charge in [0.15, 0.2) is 23.0 Å². The fourth-order valence-electron chi connectivity index (χ4n) is 4.24. The normalized spacial score (nSPS) is 22.7. The third-order valence-electron chi connectivity index (χ3n) is 6.05. The fourth-order valence-corrected chi connectivity index (χ4v) is 4.24. The maximum absolute atomic E-state index is 13.3. The number of ether oxygens (including phenoxy) is 6. The molecule has 1 aromatic rings. The molecule has 1 aliphatic rings. The van der Waals surface area contributed by atoms with E-state index in [0.717, 1.165) is 19.3 Å². The van der Waals surface area contributed by atoms with Crippen LogP contribution in [-0.2, 0) is 28.5 Å². The Morgan fingerprint density at radius 2 is 2.03 bits per heavy atom. The van der Waals surface area contributed by atoms with Crippen molar-refractivity contribution in [1.82, 2.24) is 4.98 Å². The first-order chi connectivity index (χ1) is 17.7. The van der Waals surface area contributed by atoms with Crippen molar-refractivity contribution in [3.05, 3.63) is 18.0 Å². The van der Waals surface area contributed by atoms with E-state index in [2.05, 4.69) is 25.8 Å². The largest absolute Gasteiger partial charge is 0.493 e. The highest BCUT2D eigenvalue weighted by molar-refractivity contribution is 5.99. The van der Waals surface area contributed by atoms with Crippen LogP contribution in [0.5, 0.6) is 11.5 Å². The Bertz CT molecular complexity index is 889. The summed E-state index contributed by atoms with van der Waals surface area (Å²) in [6.07, 6.45) is 3.16. The lowest BCUT2D eigenvalue weighted by atomic mass is 9.90. The quantitative estimate of drug-likeness (QED) is 0.226. The van der Waals surface area contributed by atoms with Crippen molar-refractivity contribution in [2.24, 2.45) is 17.8 Å². The highest BCUT2D eigenvalue weighted by Gasteiger charge is 2.35. The summed E-state index contributed by atoms with van der Waals surface area (Å²) in [6, 6.07) is 1.52. The Kier molecular flexibility index (Phi) is 12.8. The van der Waals surface area contributed by atoms with Crippen LogP contribution in [0.25, 0.3) is 0 Å². The van der Waals surface area contributed by atoms with Gasteiger partial charge in [-0.2, -0.15) is 0 Å². The number of carbonyl (C=O) groups excluding carboxylic acids is 3. The van der Waals surface area contributed by atoms with Crippen LogP contribution in [0, 0.1) is 17.8 Å². The zero-order chi connectivity index (χ0) is 27.4. The van der Waals surface area contributed by atoms with Crippen LogP contribution in [0.2, 0.25) is 0 Å². The first-order valence-electron chi connectivity index (χ1n) is 12.9. The Morgan fingerprint density at radius 1 is 1.27 bits per heavy atom. The maximum Gasteiger partial charge on any atom is 0.312 e. The number of esters is 2. The number of aromatic nitrogens is 1. The Morgan fingerprint density at radius 3 is 2.68 bits per heavy atom. The van der Waals surface area contributed by atoms with Crippen molar-refractivity contribution < 1.29 is 42.8 Å². The molecule has 1 saturated heterocycles. The Labute approximate surface area is 219 Å². The van der Waals surface area contributed by atoms with Gasteiger partial charge in [-0.05, 0) is 31.6 Å². The average Bonchev–Trinajstić information content (AvgIpc) is 2.84. The van der Waals surface area contributed by atoms with E-state index in [1.165, 1.54) is 26.3 Å². The van der Waals surface area contributed by atoms with Gasteiger partial charge in [-0.15, -0.1) is 0 Å². The SMILES string of the molecule is CCC[C@H]1CCOC[C@H](CC(=O)c2nccc(OC)c2OCOC(C)=O)C(=O)O[C@@H](C)[C@@H]1OCC(C)C. The van der Waals surface area contributed by atoms with E-state index < -0.39 is 36.5 Å². The van der Waals surface area contributed by atoms with Crippen LogP contribution in [0.1, 0.15) is 70.8 Å². The summed E-state index contributed by atoms with van der Waals surface area (Å²) >= 11 is 0. The number of carbonyl (C=O) groups is 3. The number of ketones is 1. The van der Waals surface area contributed by atoms with Crippen molar-refractivity contribution in [3.63, 3.8) is 0 Å². The summed E-state index contributed by atoms with van der Waals surface area (Å²) in [7, 11) is 1.42. The fraction of sp³-hybridized carbons (Fsp3) is 0.704. The summed E-state index contributed by atoms with van der Waals surface area (Å²) < 4.78 is 33.5. The molecule has 1 fully saturated rings. The molecule has 2 rings (SSSR count). The lowest BCUT2D eigenvalue weighted by molar-refractivity contribution is -0.170. The van der Waals surface area contributed by atoms with Crippen LogP contribution < -0.4 is 9.47 Å². The molecular weight excluding hydrogens is 482 g/mol. The monoisotopic (exact) mass is 523 g/mol. The Balaban J connectivity index is 2.20. The summed E-state index contributed by atoms with van der Waals surface area (Å²) in [5.74, 6) is -1.54. The second-order valence-electron chi connectivity index (χ2n) is 9.66. The number of hydrogen-bond acceptors (Lipinski definition) is 10. The molecule has 0 spiro atoms. The molecule has 0 bridgehead atoms. The van der Waals surface area contributed by atoms with E-state index in [9.17, 15) is 14.4 Å². The van der Waals surface area contributed by atoms with Crippen LogP contribution in [0.4, 0.5) is 0 Å². The number of Topliss-reactive ketones (excluding diaryl/α,β-unsaturated/α-hetero) is 1. The molecule has 37 heavy (non-hydrogen) atoms. The van der Waals surface area contributed by atoms with E-state index in [-0.39, 0.29) is 42.2 Å². The van der Waals surface area contributed by atoms with Gasteiger partial charge in [0, 0.05) is 38.8 Å². The second kappa shape index (κ2) is 15.5. The first-order valence-corrected chi connectivity index (χ1v) is 12.9. The van der Waals surface area contributed by atoms with Gasteiger partial charge < -0.3 is 28.4 Å². The third-order valence-corrected chi connectivity index (χ3v) is 6.05. The number of nitrogens with zero attached hydrogens (tertiary/aromatic N) is 1. The lowest BCUT2D eigenvalue weighted by Gasteiger charge is -2.34. The van der Waals surface area contributed by atoms with E-state index in [1.807, 2.05) is 6.92 Å². The molecule has 4 atom stereocenters. The second-order valence-corrected chi connectivity index (χ2v) is 9.66. The standard InChI is InChI=1S/C27H41NO9/c1-7-8-20-10-12-33-15-21(27(31)37-18(4)25(20)34-14-17(2)3)13-22(30)24-26(36-16-35-19(5)29)23(32-6)9-11-28-24/h9,11,17-18,20-21,25H,7-8,10,12-16H2,1-6H3/t18-,20-,21-,25-/m0/s1. The van der Waals surface area contributed by atoms with Crippen molar-refractivity contribution in [2.45, 2.75) is 72.5 Å². The molecule has 0 aliphatic carbocycles. The van der Waals surface area contributed by atoms with Gasteiger partial charge in [-0.3, -0.25) is 14.4 Å². The Hall–Kier alpha value is -2.72. The van der Waals surface area contributed by atoms with Gasteiger partial charge in [-0.25, -0.2) is 4.98 Å². The van der Waals surface area contributed by atoms with Crippen LogP contribution in [0.3, 0.4) is 0 Å². The summed E-state index contributed by atoms with van der Waals surface area (Å²) in [6.45, 7) is 10.00. The van der Waals surface area contributed by atoms with Crippen molar-refractivity contribution in [3.8, 4) is 11.5 Å². The molecule has 0 unspecified atom stereocenters. The molecule has 208 valence electrons. The predicted molar refractivity (Wildman–Crippen MR) is 134 cm³/mol. The van der Waals surface area contributed by atoms with Crippen molar-refractivity contribution in [1.29, 1.82) is 0 Å². The molecule has 10 heteroatoms. The van der Waals surface area contributed by atoms with Gasteiger partial charge >= 0.3 is 11.9 Å². The van der Waals surface area contributed by atoms with Crippen molar-refractivity contribution >= 4 is 17.7 Å². The van der Waals surface area contributed by atoms with Crippen molar-refractivity contribution in [2.75, 3.05) is 33.7 Å². The zero-order valence-corrected chi connectivity index (χ0v) is 22.8. The number of methoxy groups -OCH3 is 1. The van der Waals surface area contributed by atoms with Gasteiger partial charge in [0.1, 0.15) is 6.10 Å². The smallest absolute Gasteiger partial charge is 0.312 e. The highest BCUT2D eigenvalue weighted by Crippen LogP contribution is 2.32. The topological polar surface area (TPSA) is 119 Å². The summed E-state index contributed by atoms with van der Waals surface area (Å²) in [5.41, 5.74) is -0.0365. The molecule has 0 radical (unpaired) electrons. The molecule has 1 aromatic heterocycles. The van der Waals surface area contributed by atoms with Crippen LogP contribution >= 0.6 is 0 Å². The van der Waals surface area contributed by atoms with Gasteiger partial charge in [0.2, 0.25) is 6.79 Å². The molecule has 1 aliphatic heterocycles. The average molecular weight is 524 g/mol. The molecule has 2 heterocycles. The third kappa shape index (κ3) is 9.59. The minimum atomic E-state index is -0.835. The molecule has 0 N–H and O–H groups in total. The van der Waals surface area contributed by atoms with Crippen LogP contribution in [-0.4, -0.2) is 68.6 Å². The number of rotatable bonds is 12. The number of hydrogen-bond donors (Lipinski definition) is 0. The summed E-state index contributed by atoms with van der Waals surface area (Å²) in [5, 5.41) is 0. The molecular formula is C27H41NO9.